The van der Waals surface area contributed by atoms with Gasteiger partial charge < -0.3 is 5.73 Å². The van der Waals surface area contributed by atoms with E-state index >= 15 is 0 Å². The van der Waals surface area contributed by atoms with Crippen LogP contribution in [0.2, 0.25) is 0 Å². The molecule has 1 nitrogen and oxygen atoms in total. The van der Waals surface area contributed by atoms with Crippen molar-refractivity contribution in [2.24, 2.45) is 5.73 Å². The first-order chi connectivity index (χ1) is 3.31. The second kappa shape index (κ2) is 3.26. The quantitative estimate of drug-likeness (QED) is 0.404. The van der Waals surface area contributed by atoms with Gasteiger partial charge in [0.15, 0.2) is 0 Å². The van der Waals surface area contributed by atoms with Crippen molar-refractivity contribution in [3.05, 3.63) is 30.7 Å². The van der Waals surface area contributed by atoms with Crippen LogP contribution in [0.25, 0.3) is 0 Å². The lowest BCUT2D eigenvalue weighted by Gasteiger charge is -1.84. The van der Waals surface area contributed by atoms with Crippen LogP contribution in [-0.2, 0) is 0 Å². The van der Waals surface area contributed by atoms with E-state index in [1.807, 2.05) is 0 Å². The lowest BCUT2D eigenvalue weighted by atomic mass is 10.3. The number of allylic oxidation sites excluding steroid dienone is 1. The first-order valence-electron chi connectivity index (χ1n) is 2.06. The average molecular weight is 95.1 g/mol. The Morgan fingerprint density at radius 1 is 1.86 bits per heavy atom. The highest BCUT2D eigenvalue weighted by molar-refractivity contribution is 4.97. The van der Waals surface area contributed by atoms with Crippen LogP contribution in [0.4, 0.5) is 0 Å². The Balaban J connectivity index is 3.58. The highest BCUT2D eigenvalue weighted by Gasteiger charge is 1.75. The molecule has 0 amide bonds. The fourth-order valence-electron chi connectivity index (χ4n) is 0.228. The summed E-state index contributed by atoms with van der Waals surface area (Å²) in [6, 6.07) is 0. The molecule has 0 saturated heterocycles. The summed E-state index contributed by atoms with van der Waals surface area (Å²) in [5.74, 6) is 0. The second-order valence-electron chi connectivity index (χ2n) is 1.19. The topological polar surface area (TPSA) is 26.0 Å². The van der Waals surface area contributed by atoms with Gasteiger partial charge in [0.1, 0.15) is 0 Å². The van der Waals surface area contributed by atoms with Crippen molar-refractivity contribution in [1.29, 1.82) is 0 Å². The molecular formula is C6H9N. The SMILES string of the molecule is C=C=C(N)CC=C. The van der Waals surface area contributed by atoms with Gasteiger partial charge in [0.25, 0.3) is 0 Å². The molecule has 0 aromatic carbocycles. The Hall–Kier alpha value is -0.940. The van der Waals surface area contributed by atoms with E-state index in [0.29, 0.717) is 12.1 Å². The van der Waals surface area contributed by atoms with E-state index in [1.165, 1.54) is 0 Å². The molecule has 0 aromatic rings. The van der Waals surface area contributed by atoms with Gasteiger partial charge in [-0.05, 0) is 0 Å². The molecule has 7 heavy (non-hydrogen) atoms. The molecule has 0 bridgehead atoms. The lowest BCUT2D eigenvalue weighted by molar-refractivity contribution is 1.18. The predicted octanol–water partition coefficient (Wildman–Crippen LogP) is 1.19. The minimum absolute atomic E-state index is 0.648. The average Bonchev–Trinajstić information content (AvgIpc) is 1.68. The summed E-state index contributed by atoms with van der Waals surface area (Å²) in [6.07, 6.45) is 2.40. The van der Waals surface area contributed by atoms with E-state index in [1.54, 1.807) is 6.08 Å². The number of rotatable bonds is 2. The molecule has 38 valence electrons. The van der Waals surface area contributed by atoms with Crippen molar-refractivity contribution in [1.82, 2.24) is 0 Å². The molecular weight excluding hydrogens is 86.1 g/mol. The molecule has 0 unspecified atom stereocenters. The van der Waals surface area contributed by atoms with Crippen molar-refractivity contribution in [3.63, 3.8) is 0 Å². The molecule has 2 N–H and O–H groups in total. The smallest absolute Gasteiger partial charge is 0.0543 e. The van der Waals surface area contributed by atoms with Crippen LogP contribution >= 0.6 is 0 Å². The third-order valence-electron chi connectivity index (χ3n) is 0.591. The van der Waals surface area contributed by atoms with Crippen molar-refractivity contribution in [3.8, 4) is 0 Å². The molecule has 0 aliphatic rings. The summed E-state index contributed by atoms with van der Waals surface area (Å²) in [7, 11) is 0. The maximum absolute atomic E-state index is 5.26. The largest absolute Gasteiger partial charge is 0.396 e. The second-order valence-corrected chi connectivity index (χ2v) is 1.19. The first kappa shape index (κ1) is 6.06. The molecule has 0 aliphatic carbocycles. The Labute approximate surface area is 43.8 Å². The van der Waals surface area contributed by atoms with E-state index in [-0.39, 0.29) is 0 Å². The highest BCUT2D eigenvalue weighted by Crippen LogP contribution is 1.86. The zero-order valence-electron chi connectivity index (χ0n) is 4.28. The van der Waals surface area contributed by atoms with Crippen molar-refractivity contribution in [2.45, 2.75) is 6.42 Å². The molecule has 0 heterocycles. The Morgan fingerprint density at radius 3 is 2.57 bits per heavy atom. The molecule has 0 saturated carbocycles. The Morgan fingerprint density at radius 2 is 2.43 bits per heavy atom. The van der Waals surface area contributed by atoms with E-state index in [4.69, 9.17) is 5.73 Å². The van der Waals surface area contributed by atoms with Gasteiger partial charge in [-0.25, -0.2) is 0 Å². The fraction of sp³-hybridized carbons (Fsp3) is 0.167. The normalized spacial score (nSPS) is 6.86. The molecule has 0 aromatic heterocycles. The summed E-state index contributed by atoms with van der Waals surface area (Å²) in [4.78, 5) is 0. The van der Waals surface area contributed by atoms with Crippen LogP contribution in [0.1, 0.15) is 6.42 Å². The van der Waals surface area contributed by atoms with Gasteiger partial charge in [-0.15, -0.1) is 12.3 Å². The summed E-state index contributed by atoms with van der Waals surface area (Å²) in [6.45, 7) is 6.82. The van der Waals surface area contributed by atoms with Crippen LogP contribution in [0.5, 0.6) is 0 Å². The maximum Gasteiger partial charge on any atom is 0.0543 e. The van der Waals surface area contributed by atoms with Gasteiger partial charge >= 0.3 is 0 Å². The standard InChI is InChI=1S/C6H9N/c1-3-5-6(7)4-2/h3H,1-2,5,7H2. The Bertz CT molecular complexity index is 107. The predicted molar refractivity (Wildman–Crippen MR) is 31.7 cm³/mol. The summed E-state index contributed by atoms with van der Waals surface area (Å²) in [5, 5.41) is 0. The molecule has 1 heteroatoms. The van der Waals surface area contributed by atoms with Crippen LogP contribution < -0.4 is 5.73 Å². The van der Waals surface area contributed by atoms with E-state index in [0.717, 1.165) is 0 Å². The fourth-order valence-corrected chi connectivity index (χ4v) is 0.228. The van der Waals surface area contributed by atoms with E-state index in [2.05, 4.69) is 18.9 Å². The summed E-state index contributed by atoms with van der Waals surface area (Å²) >= 11 is 0. The zero-order chi connectivity index (χ0) is 5.70. The molecule has 0 aliphatic heterocycles. The Kier molecular flexibility index (Phi) is 2.82. The maximum atomic E-state index is 5.26. The monoisotopic (exact) mass is 95.1 g/mol. The molecule has 0 radical (unpaired) electrons. The van der Waals surface area contributed by atoms with E-state index in [9.17, 15) is 0 Å². The number of hydrogen-bond acceptors (Lipinski definition) is 1. The van der Waals surface area contributed by atoms with Crippen molar-refractivity contribution in [2.75, 3.05) is 0 Å². The van der Waals surface area contributed by atoms with Crippen molar-refractivity contribution < 1.29 is 0 Å². The van der Waals surface area contributed by atoms with Crippen LogP contribution in [0, 0.1) is 0 Å². The summed E-state index contributed by atoms with van der Waals surface area (Å²) < 4.78 is 0. The van der Waals surface area contributed by atoms with Crippen LogP contribution in [0.15, 0.2) is 30.7 Å². The third-order valence-corrected chi connectivity index (χ3v) is 0.591. The lowest BCUT2D eigenvalue weighted by Crippen LogP contribution is -1.91. The van der Waals surface area contributed by atoms with Crippen LogP contribution in [0.3, 0.4) is 0 Å². The van der Waals surface area contributed by atoms with Gasteiger partial charge in [0, 0.05) is 6.42 Å². The van der Waals surface area contributed by atoms with Gasteiger partial charge in [-0.3, -0.25) is 0 Å². The molecule has 0 spiro atoms. The number of hydrogen-bond donors (Lipinski definition) is 1. The zero-order valence-corrected chi connectivity index (χ0v) is 4.28. The minimum atomic E-state index is 0.648. The molecule has 0 atom stereocenters. The molecule has 0 fully saturated rings. The molecule has 0 rings (SSSR count). The van der Waals surface area contributed by atoms with Gasteiger partial charge in [-0.2, -0.15) is 0 Å². The number of nitrogens with two attached hydrogens (primary N) is 1. The summed E-state index contributed by atoms with van der Waals surface area (Å²) in [5.41, 5.74) is 8.44. The van der Waals surface area contributed by atoms with Crippen LogP contribution in [-0.4, -0.2) is 0 Å². The van der Waals surface area contributed by atoms with Gasteiger partial charge in [0.2, 0.25) is 0 Å². The van der Waals surface area contributed by atoms with E-state index < -0.39 is 0 Å². The van der Waals surface area contributed by atoms with Gasteiger partial charge in [-0.1, -0.05) is 12.7 Å². The minimum Gasteiger partial charge on any atom is -0.396 e. The van der Waals surface area contributed by atoms with Crippen molar-refractivity contribution >= 4 is 0 Å². The highest BCUT2D eigenvalue weighted by atomic mass is 14.5. The first-order valence-corrected chi connectivity index (χ1v) is 2.06. The third kappa shape index (κ3) is 2.87. The van der Waals surface area contributed by atoms with Gasteiger partial charge in [0.05, 0.1) is 5.70 Å².